The highest BCUT2D eigenvalue weighted by Crippen LogP contribution is 2.19. The van der Waals surface area contributed by atoms with Crippen molar-refractivity contribution in [1.82, 2.24) is 14.7 Å². The minimum atomic E-state index is 0.737. The monoisotopic (exact) mass is 180 g/mol. The molecule has 12 heavy (non-hydrogen) atoms. The predicted octanol–water partition coefficient (Wildman–Crippen LogP) is 1.52. The van der Waals surface area contributed by atoms with Crippen LogP contribution in [0.25, 0.3) is 0 Å². The summed E-state index contributed by atoms with van der Waals surface area (Å²) in [5.41, 5.74) is 1.66. The molecule has 1 radical (unpaired) electrons. The summed E-state index contributed by atoms with van der Waals surface area (Å²) >= 11 is 1.42. The van der Waals surface area contributed by atoms with E-state index in [0.717, 1.165) is 17.3 Å². The van der Waals surface area contributed by atoms with Gasteiger partial charge in [-0.1, -0.05) is 0 Å². The molecule has 0 aliphatic carbocycles. The Morgan fingerprint density at radius 3 is 3.00 bits per heavy atom. The lowest BCUT2D eigenvalue weighted by Gasteiger charge is -1.99. The Labute approximate surface area is 73.4 Å². The van der Waals surface area contributed by atoms with E-state index in [0.29, 0.717) is 0 Å². The maximum absolute atomic E-state index is 4.63. The average molecular weight is 180 g/mol. The standard InChI is InChI=1S/C7H6N3OS/c1-5(6-2-3-12-9-6)7-4-11-10-8-7/h2-4H,1H3. The zero-order valence-corrected chi connectivity index (χ0v) is 7.21. The van der Waals surface area contributed by atoms with E-state index in [1.54, 1.807) is 0 Å². The van der Waals surface area contributed by atoms with Gasteiger partial charge in [-0.15, -0.1) is 5.10 Å². The third kappa shape index (κ3) is 1.23. The van der Waals surface area contributed by atoms with Gasteiger partial charge < -0.3 is 4.52 Å². The summed E-state index contributed by atoms with van der Waals surface area (Å²) < 4.78 is 8.79. The fourth-order valence-electron chi connectivity index (χ4n) is 0.865. The summed E-state index contributed by atoms with van der Waals surface area (Å²) in [6.45, 7) is 1.94. The Balaban J connectivity index is 2.27. The van der Waals surface area contributed by atoms with Gasteiger partial charge in [-0.3, -0.25) is 0 Å². The molecule has 0 aromatic carbocycles. The molecule has 0 atom stereocenters. The first-order valence-corrected chi connectivity index (χ1v) is 4.23. The number of hydrogen-bond acceptors (Lipinski definition) is 5. The minimum Gasteiger partial charge on any atom is -0.345 e. The van der Waals surface area contributed by atoms with Crippen LogP contribution >= 0.6 is 11.5 Å². The van der Waals surface area contributed by atoms with Crippen molar-refractivity contribution in [3.05, 3.63) is 35.0 Å². The van der Waals surface area contributed by atoms with Crippen LogP contribution in [0, 0.1) is 5.92 Å². The van der Waals surface area contributed by atoms with E-state index >= 15 is 0 Å². The molecule has 0 aliphatic heterocycles. The number of hydrogen-bond donors (Lipinski definition) is 0. The fraction of sp³-hybridized carbons (Fsp3) is 0.143. The molecule has 0 unspecified atom stereocenters. The van der Waals surface area contributed by atoms with Crippen molar-refractivity contribution in [2.75, 3.05) is 0 Å². The normalized spacial score (nSPS) is 10.8. The SMILES string of the molecule is C[C](c1conn1)c1ccsn1. The molecule has 2 aromatic heterocycles. The quantitative estimate of drug-likeness (QED) is 0.703. The van der Waals surface area contributed by atoms with Gasteiger partial charge in [-0.2, -0.15) is 4.37 Å². The zero-order valence-electron chi connectivity index (χ0n) is 6.39. The second-order valence-corrected chi connectivity index (χ2v) is 2.97. The van der Waals surface area contributed by atoms with E-state index < -0.39 is 0 Å². The summed E-state index contributed by atoms with van der Waals surface area (Å²) in [6.07, 6.45) is 1.51. The van der Waals surface area contributed by atoms with Gasteiger partial charge in [0.1, 0.15) is 12.0 Å². The van der Waals surface area contributed by atoms with E-state index in [2.05, 4.69) is 19.3 Å². The van der Waals surface area contributed by atoms with Gasteiger partial charge in [-0.05, 0) is 24.5 Å². The first-order chi connectivity index (χ1) is 5.88. The van der Waals surface area contributed by atoms with Gasteiger partial charge in [-0.25, -0.2) is 0 Å². The highest BCUT2D eigenvalue weighted by molar-refractivity contribution is 7.03. The van der Waals surface area contributed by atoms with Gasteiger partial charge in [0, 0.05) is 10.7 Å². The largest absolute Gasteiger partial charge is 0.345 e. The van der Waals surface area contributed by atoms with Crippen molar-refractivity contribution in [3.8, 4) is 0 Å². The second kappa shape index (κ2) is 3.02. The third-order valence-corrected chi connectivity index (χ3v) is 2.13. The minimum absolute atomic E-state index is 0.737. The van der Waals surface area contributed by atoms with Gasteiger partial charge >= 0.3 is 0 Å². The Bertz CT molecular complexity index is 295. The third-order valence-electron chi connectivity index (χ3n) is 1.57. The van der Waals surface area contributed by atoms with E-state index in [9.17, 15) is 0 Å². The molecule has 2 aromatic rings. The van der Waals surface area contributed by atoms with Gasteiger partial charge in [0.25, 0.3) is 0 Å². The van der Waals surface area contributed by atoms with E-state index in [4.69, 9.17) is 0 Å². The van der Waals surface area contributed by atoms with Crippen LogP contribution in [0.1, 0.15) is 18.3 Å². The van der Waals surface area contributed by atoms with Crippen LogP contribution in [0.2, 0.25) is 0 Å². The molecular formula is C7H6N3OS. The van der Waals surface area contributed by atoms with E-state index in [-0.39, 0.29) is 0 Å². The van der Waals surface area contributed by atoms with Gasteiger partial charge in [0.05, 0.1) is 11.6 Å². The number of aromatic nitrogens is 3. The summed E-state index contributed by atoms with van der Waals surface area (Å²) in [7, 11) is 0. The molecule has 0 aliphatic rings. The molecule has 61 valence electrons. The van der Waals surface area contributed by atoms with Crippen molar-refractivity contribution in [1.29, 1.82) is 0 Å². The van der Waals surface area contributed by atoms with Crippen LogP contribution < -0.4 is 0 Å². The summed E-state index contributed by atoms with van der Waals surface area (Å²) in [4.78, 5) is 0. The Kier molecular flexibility index (Phi) is 1.87. The van der Waals surface area contributed by atoms with Crippen LogP contribution in [-0.2, 0) is 0 Å². The van der Waals surface area contributed by atoms with Crippen LogP contribution in [0.15, 0.2) is 22.2 Å². The van der Waals surface area contributed by atoms with Crippen molar-refractivity contribution in [2.24, 2.45) is 0 Å². The predicted molar refractivity (Wildman–Crippen MR) is 43.5 cm³/mol. The van der Waals surface area contributed by atoms with Gasteiger partial charge in [0.15, 0.2) is 0 Å². The first kappa shape index (κ1) is 7.42. The fourth-order valence-corrected chi connectivity index (χ4v) is 1.43. The van der Waals surface area contributed by atoms with E-state index in [1.807, 2.05) is 18.4 Å². The highest BCUT2D eigenvalue weighted by atomic mass is 32.1. The van der Waals surface area contributed by atoms with E-state index in [1.165, 1.54) is 17.8 Å². The van der Waals surface area contributed by atoms with Gasteiger partial charge in [0.2, 0.25) is 0 Å². The Morgan fingerprint density at radius 2 is 2.42 bits per heavy atom. The van der Waals surface area contributed by atoms with Crippen LogP contribution in [0.3, 0.4) is 0 Å². The maximum atomic E-state index is 4.63. The molecule has 2 heterocycles. The smallest absolute Gasteiger partial charge is 0.148 e. The molecule has 0 N–H and O–H groups in total. The van der Waals surface area contributed by atoms with Crippen LogP contribution in [0.4, 0.5) is 0 Å². The lowest BCUT2D eigenvalue weighted by molar-refractivity contribution is 0.393. The molecule has 0 saturated carbocycles. The first-order valence-electron chi connectivity index (χ1n) is 3.39. The molecule has 0 saturated heterocycles. The molecule has 4 nitrogen and oxygen atoms in total. The lowest BCUT2D eigenvalue weighted by atomic mass is 10.1. The highest BCUT2D eigenvalue weighted by Gasteiger charge is 2.14. The van der Waals surface area contributed by atoms with Crippen LogP contribution in [-0.4, -0.2) is 14.7 Å². The number of nitrogens with zero attached hydrogens (tertiary/aromatic N) is 3. The van der Waals surface area contributed by atoms with Crippen molar-refractivity contribution < 1.29 is 4.52 Å². The average Bonchev–Trinajstić information content (AvgIpc) is 2.77. The molecule has 0 bridgehead atoms. The Hall–Kier alpha value is -1.23. The molecule has 0 spiro atoms. The lowest BCUT2D eigenvalue weighted by Crippen LogP contribution is -1.97. The van der Waals surface area contributed by atoms with Crippen molar-refractivity contribution in [2.45, 2.75) is 6.92 Å². The maximum Gasteiger partial charge on any atom is 0.148 e. The summed E-state index contributed by atoms with van der Waals surface area (Å²) in [6, 6.07) is 1.94. The van der Waals surface area contributed by atoms with Crippen LogP contribution in [0.5, 0.6) is 0 Å². The molecule has 0 amide bonds. The molecule has 5 heteroatoms. The summed E-state index contributed by atoms with van der Waals surface area (Å²) in [5.74, 6) is 0.984. The molecule has 2 rings (SSSR count). The Morgan fingerprint density at radius 1 is 1.50 bits per heavy atom. The zero-order chi connectivity index (χ0) is 8.39. The topological polar surface area (TPSA) is 51.8 Å². The second-order valence-electron chi connectivity index (χ2n) is 2.30. The van der Waals surface area contributed by atoms with Crippen molar-refractivity contribution >= 4 is 11.5 Å². The summed E-state index contributed by atoms with van der Waals surface area (Å²) in [5, 5.41) is 9.09. The molecular weight excluding hydrogens is 174 g/mol. The molecule has 0 fully saturated rings. The number of rotatable bonds is 2. The van der Waals surface area contributed by atoms with Crippen molar-refractivity contribution in [3.63, 3.8) is 0 Å².